The van der Waals surface area contributed by atoms with E-state index < -0.39 is 33.5 Å². The normalized spacial score (nSPS) is 12.2. The highest BCUT2D eigenvalue weighted by atomic mass is 79.9. The summed E-state index contributed by atoms with van der Waals surface area (Å²) in [4.78, 5) is 24.2. The van der Waals surface area contributed by atoms with Gasteiger partial charge in [0.25, 0.3) is 0 Å². The molecule has 6 nitrogen and oxygen atoms in total. The van der Waals surface area contributed by atoms with Crippen molar-refractivity contribution in [1.29, 1.82) is 0 Å². The molecule has 0 radical (unpaired) electrons. The highest BCUT2D eigenvalue weighted by Gasteiger charge is 2.26. The molecule has 1 atom stereocenters. The van der Waals surface area contributed by atoms with Crippen LogP contribution in [-0.2, 0) is 29.9 Å². The molecule has 0 fully saturated rings. The molecule has 2 rings (SSSR count). The van der Waals surface area contributed by atoms with Gasteiger partial charge in [0.15, 0.2) is 15.9 Å². The largest absolute Gasteiger partial charge is 0.467 e. The molecule has 8 heteroatoms. The third-order valence-electron chi connectivity index (χ3n) is 3.50. The Morgan fingerprint density at radius 2 is 1.81 bits per heavy atom. The molecular weight excluding hydrogens is 422 g/mol. The van der Waals surface area contributed by atoms with Gasteiger partial charge in [-0.3, -0.25) is 4.79 Å². The molecule has 2 aromatic rings. The minimum atomic E-state index is -3.70. The average molecular weight is 440 g/mol. The van der Waals surface area contributed by atoms with Gasteiger partial charge in [-0.2, -0.15) is 0 Å². The van der Waals surface area contributed by atoms with E-state index in [1.54, 1.807) is 54.6 Å². The lowest BCUT2D eigenvalue weighted by Gasteiger charge is -2.17. The molecular formula is C18H18BrNO5S. The number of benzene rings is 2. The zero-order valence-corrected chi connectivity index (χ0v) is 16.4. The van der Waals surface area contributed by atoms with E-state index in [2.05, 4.69) is 21.2 Å². The fraction of sp³-hybridized carbons (Fsp3) is 0.222. The molecule has 2 aromatic carbocycles. The van der Waals surface area contributed by atoms with Gasteiger partial charge in [0.05, 0.1) is 12.9 Å². The number of rotatable bonds is 7. The summed E-state index contributed by atoms with van der Waals surface area (Å²) in [6.07, 6.45) is 0. The van der Waals surface area contributed by atoms with E-state index in [4.69, 9.17) is 4.74 Å². The van der Waals surface area contributed by atoms with Gasteiger partial charge in [-0.25, -0.2) is 13.2 Å². The van der Waals surface area contributed by atoms with Gasteiger partial charge in [-0.05, 0) is 23.3 Å². The monoisotopic (exact) mass is 439 g/mol. The first kappa shape index (κ1) is 20.1. The van der Waals surface area contributed by atoms with E-state index >= 15 is 0 Å². The number of nitrogens with one attached hydrogen (secondary N) is 1. The minimum absolute atomic E-state index is 0.270. The Bertz CT molecular complexity index is 883. The molecule has 1 amide bonds. The van der Waals surface area contributed by atoms with Gasteiger partial charge in [0.1, 0.15) is 5.75 Å². The molecule has 0 aliphatic rings. The van der Waals surface area contributed by atoms with Crippen LogP contribution in [0.2, 0.25) is 0 Å². The second-order valence-corrected chi connectivity index (χ2v) is 8.58. The molecule has 1 N–H and O–H groups in total. The number of esters is 1. The summed E-state index contributed by atoms with van der Waals surface area (Å²) in [7, 11) is -2.49. The third kappa shape index (κ3) is 5.96. The van der Waals surface area contributed by atoms with E-state index in [1.807, 2.05) is 0 Å². The lowest BCUT2D eigenvalue weighted by Crippen LogP contribution is -2.38. The quantitative estimate of drug-likeness (QED) is 0.668. The van der Waals surface area contributed by atoms with Gasteiger partial charge in [-0.1, -0.05) is 58.4 Å². The Morgan fingerprint density at radius 3 is 2.42 bits per heavy atom. The summed E-state index contributed by atoms with van der Waals surface area (Å²) in [5.41, 5.74) is 1.08. The van der Waals surface area contributed by atoms with Gasteiger partial charge in [0, 0.05) is 4.47 Å². The number of halogens is 1. The first-order valence-corrected chi connectivity index (χ1v) is 10.3. The maximum Gasteiger partial charge on any atom is 0.333 e. The zero-order chi connectivity index (χ0) is 19.2. The maximum atomic E-state index is 12.3. The molecule has 138 valence electrons. The van der Waals surface area contributed by atoms with Crippen LogP contribution in [-0.4, -0.2) is 33.2 Å². The number of hydrogen-bond donors (Lipinski definition) is 1. The molecule has 0 saturated heterocycles. The minimum Gasteiger partial charge on any atom is -0.467 e. The van der Waals surface area contributed by atoms with E-state index in [0.717, 1.165) is 4.47 Å². The summed E-state index contributed by atoms with van der Waals surface area (Å²) in [5.74, 6) is -2.43. The van der Waals surface area contributed by atoms with Crippen molar-refractivity contribution in [3.8, 4) is 0 Å². The van der Waals surface area contributed by atoms with Crippen molar-refractivity contribution >= 4 is 37.6 Å². The van der Waals surface area contributed by atoms with E-state index in [-0.39, 0.29) is 5.75 Å². The zero-order valence-electron chi connectivity index (χ0n) is 14.0. The van der Waals surface area contributed by atoms with Crippen molar-refractivity contribution in [3.63, 3.8) is 0 Å². The van der Waals surface area contributed by atoms with Crippen LogP contribution in [0.4, 0.5) is 0 Å². The molecule has 0 aliphatic carbocycles. The number of ether oxygens (including phenoxy) is 1. The Labute approximate surface area is 160 Å². The number of carbonyl (C=O) groups is 2. The van der Waals surface area contributed by atoms with Crippen molar-refractivity contribution in [1.82, 2.24) is 5.32 Å². The Morgan fingerprint density at radius 1 is 1.12 bits per heavy atom. The Kier molecular flexibility index (Phi) is 6.93. The molecule has 0 unspecified atom stereocenters. The SMILES string of the molecule is COC(=O)[C@@H](NC(=O)CS(=O)(=O)Cc1cccc(Br)c1)c1ccccc1. The fourth-order valence-electron chi connectivity index (χ4n) is 2.38. The van der Waals surface area contributed by atoms with E-state index in [0.29, 0.717) is 11.1 Å². The molecule has 0 spiro atoms. The summed E-state index contributed by atoms with van der Waals surface area (Å²) < 4.78 is 30.0. The van der Waals surface area contributed by atoms with E-state index in [9.17, 15) is 18.0 Å². The van der Waals surface area contributed by atoms with Crippen LogP contribution < -0.4 is 5.32 Å². The molecule has 0 heterocycles. The van der Waals surface area contributed by atoms with Crippen LogP contribution in [0.15, 0.2) is 59.1 Å². The van der Waals surface area contributed by atoms with Gasteiger partial charge in [-0.15, -0.1) is 0 Å². The van der Waals surface area contributed by atoms with E-state index in [1.165, 1.54) is 7.11 Å². The average Bonchev–Trinajstić information content (AvgIpc) is 2.59. The highest BCUT2D eigenvalue weighted by molar-refractivity contribution is 9.10. The third-order valence-corrected chi connectivity index (χ3v) is 5.47. The molecule has 0 aliphatic heterocycles. The predicted octanol–water partition coefficient (Wildman–Crippen LogP) is 2.39. The smallest absolute Gasteiger partial charge is 0.333 e. The maximum absolute atomic E-state index is 12.3. The van der Waals surface area contributed by atoms with Crippen LogP contribution in [0.1, 0.15) is 17.2 Å². The van der Waals surface area contributed by atoms with Gasteiger partial charge >= 0.3 is 5.97 Å². The fourth-order valence-corrected chi connectivity index (χ4v) is 4.09. The highest BCUT2D eigenvalue weighted by Crippen LogP contribution is 2.16. The van der Waals surface area contributed by atoms with Crippen LogP contribution >= 0.6 is 15.9 Å². The van der Waals surface area contributed by atoms with Crippen LogP contribution in [0.3, 0.4) is 0 Å². The molecule has 0 aromatic heterocycles. The summed E-state index contributed by atoms with van der Waals surface area (Å²) >= 11 is 3.28. The number of methoxy groups -OCH3 is 1. The van der Waals surface area contributed by atoms with Crippen LogP contribution in [0.25, 0.3) is 0 Å². The summed E-state index contributed by atoms with van der Waals surface area (Å²) in [6.45, 7) is 0. The number of hydrogen-bond acceptors (Lipinski definition) is 5. The number of carbonyl (C=O) groups excluding carboxylic acids is 2. The van der Waals surface area contributed by atoms with Gasteiger partial charge < -0.3 is 10.1 Å². The molecule has 26 heavy (non-hydrogen) atoms. The lowest BCUT2D eigenvalue weighted by atomic mass is 10.1. The number of sulfone groups is 1. The Balaban J connectivity index is 2.08. The lowest BCUT2D eigenvalue weighted by molar-refractivity contribution is -0.145. The number of amides is 1. The van der Waals surface area contributed by atoms with Gasteiger partial charge in [0.2, 0.25) is 5.91 Å². The van der Waals surface area contributed by atoms with Crippen molar-refractivity contribution in [3.05, 3.63) is 70.2 Å². The van der Waals surface area contributed by atoms with Crippen LogP contribution in [0.5, 0.6) is 0 Å². The predicted molar refractivity (Wildman–Crippen MR) is 101 cm³/mol. The van der Waals surface area contributed by atoms with Crippen molar-refractivity contribution in [2.24, 2.45) is 0 Å². The second kappa shape index (κ2) is 8.95. The first-order chi connectivity index (χ1) is 12.3. The van der Waals surface area contributed by atoms with Crippen molar-refractivity contribution in [2.45, 2.75) is 11.8 Å². The molecule has 0 bridgehead atoms. The topological polar surface area (TPSA) is 89.5 Å². The van der Waals surface area contributed by atoms with Crippen molar-refractivity contribution in [2.75, 3.05) is 12.9 Å². The standard InChI is InChI=1S/C18H18BrNO5S/c1-25-18(22)17(14-7-3-2-4-8-14)20-16(21)12-26(23,24)11-13-6-5-9-15(19)10-13/h2-10,17H,11-12H2,1H3,(H,20,21)/t17-/m0/s1. The second-order valence-electron chi connectivity index (χ2n) is 5.60. The Hall–Kier alpha value is -2.19. The van der Waals surface area contributed by atoms with Crippen LogP contribution in [0, 0.1) is 0 Å². The first-order valence-electron chi connectivity index (χ1n) is 7.68. The summed E-state index contributed by atoms with van der Waals surface area (Å²) in [5, 5.41) is 2.44. The summed E-state index contributed by atoms with van der Waals surface area (Å²) in [6, 6.07) is 14.3. The molecule has 0 saturated carbocycles. The van der Waals surface area contributed by atoms with Crippen molar-refractivity contribution < 1.29 is 22.7 Å².